The maximum Gasteiger partial charge on any atom is 0.573 e. The number of nitrogens with zero attached hydrogens (tertiary/aromatic N) is 2. The average molecular weight is 236 g/mol. The molecule has 1 N–H and O–H groups in total. The minimum atomic E-state index is -5.06. The quantitative estimate of drug-likeness (QED) is 0.629. The highest BCUT2D eigenvalue weighted by molar-refractivity contribution is 5.42. The van der Waals surface area contributed by atoms with E-state index in [2.05, 4.69) is 9.72 Å². The number of ether oxygens (including phenoxy) is 1. The molecule has 0 saturated heterocycles. The van der Waals surface area contributed by atoms with Crippen molar-refractivity contribution in [3.63, 3.8) is 0 Å². The molecule has 8 heteroatoms. The van der Waals surface area contributed by atoms with E-state index >= 15 is 0 Å². The van der Waals surface area contributed by atoms with E-state index < -0.39 is 35.9 Å². The van der Waals surface area contributed by atoms with Crippen molar-refractivity contribution in [1.29, 1.82) is 5.26 Å². The fourth-order valence-electron chi connectivity index (χ4n) is 0.934. The number of aromatic nitrogens is 1. The summed E-state index contributed by atoms with van der Waals surface area (Å²) in [7, 11) is 0. The van der Waals surface area contributed by atoms with Gasteiger partial charge in [-0.25, -0.2) is 4.98 Å². The van der Waals surface area contributed by atoms with Crippen LogP contribution in [0.2, 0.25) is 0 Å². The lowest BCUT2D eigenvalue weighted by molar-refractivity contribution is -0.275. The van der Waals surface area contributed by atoms with Crippen LogP contribution in [-0.4, -0.2) is 16.5 Å². The lowest BCUT2D eigenvalue weighted by atomic mass is 10.2. The first kappa shape index (κ1) is 12.0. The van der Waals surface area contributed by atoms with Crippen LogP contribution < -0.4 is 4.74 Å². The van der Waals surface area contributed by atoms with Crippen LogP contribution in [0.3, 0.4) is 0 Å². The SMILES string of the molecule is N#CCc1nc(F)cc(OC(F)(F)F)c1O. The fourth-order valence-corrected chi connectivity index (χ4v) is 0.934. The topological polar surface area (TPSA) is 66.1 Å². The van der Waals surface area contributed by atoms with Crippen LogP contribution in [0.5, 0.6) is 11.5 Å². The van der Waals surface area contributed by atoms with Gasteiger partial charge in [-0.3, -0.25) is 0 Å². The third-order valence-corrected chi connectivity index (χ3v) is 1.47. The normalized spacial score (nSPS) is 10.9. The third kappa shape index (κ3) is 2.98. The summed E-state index contributed by atoms with van der Waals surface area (Å²) in [4.78, 5) is 3.07. The van der Waals surface area contributed by atoms with E-state index in [1.54, 1.807) is 0 Å². The number of nitriles is 1. The standard InChI is InChI=1S/C8H4F4N2O2/c9-6-3-5(16-8(10,11)12)7(15)4(14-6)1-2-13/h3,15H,1H2. The molecular formula is C8H4F4N2O2. The molecule has 0 amide bonds. The molecular weight excluding hydrogens is 232 g/mol. The summed E-state index contributed by atoms with van der Waals surface area (Å²) in [6, 6.07) is 1.80. The molecule has 1 heterocycles. The highest BCUT2D eigenvalue weighted by atomic mass is 19.4. The second-order valence-electron chi connectivity index (χ2n) is 2.62. The van der Waals surface area contributed by atoms with Gasteiger partial charge in [0.05, 0.1) is 12.5 Å². The Morgan fingerprint density at radius 3 is 2.62 bits per heavy atom. The lowest BCUT2D eigenvalue weighted by Crippen LogP contribution is -2.17. The van der Waals surface area contributed by atoms with Gasteiger partial charge in [-0.2, -0.15) is 9.65 Å². The van der Waals surface area contributed by atoms with Gasteiger partial charge in [0.1, 0.15) is 5.69 Å². The molecule has 0 spiro atoms. The van der Waals surface area contributed by atoms with Crippen molar-refractivity contribution < 1.29 is 27.4 Å². The molecule has 0 aliphatic rings. The minimum Gasteiger partial charge on any atom is -0.503 e. The van der Waals surface area contributed by atoms with E-state index in [1.807, 2.05) is 0 Å². The van der Waals surface area contributed by atoms with Gasteiger partial charge in [-0.1, -0.05) is 0 Å². The maximum absolute atomic E-state index is 12.7. The third-order valence-electron chi connectivity index (χ3n) is 1.47. The summed E-state index contributed by atoms with van der Waals surface area (Å²) in [5.41, 5.74) is -0.512. The molecule has 86 valence electrons. The number of aromatic hydroxyl groups is 1. The number of halogens is 4. The Morgan fingerprint density at radius 2 is 2.12 bits per heavy atom. The summed E-state index contributed by atoms with van der Waals surface area (Å²) in [6.45, 7) is 0. The van der Waals surface area contributed by atoms with Gasteiger partial charge >= 0.3 is 6.36 Å². The Labute approximate surface area is 86.7 Å². The van der Waals surface area contributed by atoms with Gasteiger partial charge in [0.2, 0.25) is 5.95 Å². The molecule has 1 aromatic rings. The Hall–Kier alpha value is -2.04. The van der Waals surface area contributed by atoms with E-state index in [0.717, 1.165) is 0 Å². The number of rotatable bonds is 2. The Morgan fingerprint density at radius 1 is 1.50 bits per heavy atom. The van der Waals surface area contributed by atoms with Crippen LogP contribution >= 0.6 is 0 Å². The lowest BCUT2D eigenvalue weighted by Gasteiger charge is -2.11. The van der Waals surface area contributed by atoms with Crippen LogP contribution in [0.15, 0.2) is 6.07 Å². The first-order valence-corrected chi connectivity index (χ1v) is 3.84. The molecule has 1 aromatic heterocycles. The van der Waals surface area contributed by atoms with Crippen molar-refractivity contribution in [2.24, 2.45) is 0 Å². The molecule has 0 bridgehead atoms. The summed E-state index contributed by atoms with van der Waals surface area (Å²) in [5, 5.41) is 17.5. The number of hydrogen-bond donors (Lipinski definition) is 1. The van der Waals surface area contributed by atoms with Gasteiger partial charge in [0.15, 0.2) is 11.5 Å². The van der Waals surface area contributed by atoms with Crippen LogP contribution in [0.25, 0.3) is 0 Å². The van der Waals surface area contributed by atoms with Crippen LogP contribution in [0.1, 0.15) is 5.69 Å². The maximum atomic E-state index is 12.7. The van der Waals surface area contributed by atoms with Crippen molar-refractivity contribution in [2.75, 3.05) is 0 Å². The van der Waals surface area contributed by atoms with E-state index in [0.29, 0.717) is 0 Å². The van der Waals surface area contributed by atoms with Crippen molar-refractivity contribution in [3.05, 3.63) is 17.7 Å². The molecule has 0 saturated carbocycles. The van der Waals surface area contributed by atoms with E-state index in [-0.39, 0.29) is 6.07 Å². The second kappa shape index (κ2) is 4.22. The van der Waals surface area contributed by atoms with Gasteiger partial charge in [-0.05, 0) is 0 Å². The number of hydrogen-bond acceptors (Lipinski definition) is 4. The molecule has 0 aromatic carbocycles. The molecule has 0 aliphatic heterocycles. The zero-order valence-corrected chi connectivity index (χ0v) is 7.55. The van der Waals surface area contributed by atoms with Gasteiger partial charge < -0.3 is 9.84 Å². The van der Waals surface area contributed by atoms with Gasteiger partial charge in [-0.15, -0.1) is 13.2 Å². The van der Waals surface area contributed by atoms with Crippen molar-refractivity contribution in [2.45, 2.75) is 12.8 Å². The Bertz CT molecular complexity index is 439. The Balaban J connectivity index is 3.15. The number of alkyl halides is 3. The highest BCUT2D eigenvalue weighted by Crippen LogP contribution is 2.33. The largest absolute Gasteiger partial charge is 0.573 e. The van der Waals surface area contributed by atoms with Crippen LogP contribution in [0.4, 0.5) is 17.6 Å². The van der Waals surface area contributed by atoms with E-state index in [1.165, 1.54) is 6.07 Å². The molecule has 0 radical (unpaired) electrons. The first-order valence-electron chi connectivity index (χ1n) is 3.84. The van der Waals surface area contributed by atoms with Crippen LogP contribution in [-0.2, 0) is 6.42 Å². The molecule has 1 rings (SSSR count). The van der Waals surface area contributed by atoms with Crippen molar-refractivity contribution >= 4 is 0 Å². The highest BCUT2D eigenvalue weighted by Gasteiger charge is 2.33. The van der Waals surface area contributed by atoms with Gasteiger partial charge in [0, 0.05) is 6.07 Å². The minimum absolute atomic E-state index is 0.281. The van der Waals surface area contributed by atoms with E-state index in [4.69, 9.17) is 5.26 Å². The van der Waals surface area contributed by atoms with E-state index in [9.17, 15) is 22.7 Å². The Kier molecular flexibility index (Phi) is 3.17. The predicted molar refractivity (Wildman–Crippen MR) is 41.9 cm³/mol. The van der Waals surface area contributed by atoms with Gasteiger partial charge in [0.25, 0.3) is 0 Å². The average Bonchev–Trinajstić information content (AvgIpc) is 2.11. The molecule has 0 aliphatic carbocycles. The predicted octanol–water partition coefficient (Wildman–Crippen LogP) is 1.89. The monoisotopic (exact) mass is 236 g/mol. The zero-order valence-electron chi connectivity index (χ0n) is 7.55. The summed E-state index contributed by atoms with van der Waals surface area (Å²) in [5.74, 6) is -3.40. The summed E-state index contributed by atoms with van der Waals surface area (Å²) < 4.78 is 51.6. The zero-order chi connectivity index (χ0) is 12.3. The van der Waals surface area contributed by atoms with Crippen LogP contribution in [0, 0.1) is 17.3 Å². The number of pyridine rings is 1. The molecule has 0 atom stereocenters. The molecule has 16 heavy (non-hydrogen) atoms. The summed E-state index contributed by atoms with van der Waals surface area (Å²) >= 11 is 0. The smallest absolute Gasteiger partial charge is 0.503 e. The fraction of sp³-hybridized carbons (Fsp3) is 0.250. The summed E-state index contributed by atoms with van der Waals surface area (Å²) in [6.07, 6.45) is -5.59. The first-order chi connectivity index (χ1) is 7.33. The molecule has 4 nitrogen and oxygen atoms in total. The van der Waals surface area contributed by atoms with Crippen molar-refractivity contribution in [3.8, 4) is 17.6 Å². The molecule has 0 unspecified atom stereocenters. The van der Waals surface area contributed by atoms with Crippen molar-refractivity contribution in [1.82, 2.24) is 4.98 Å². The molecule has 0 fully saturated rings. The second-order valence-corrected chi connectivity index (χ2v) is 2.62.